The topological polar surface area (TPSA) is 136 Å². The molecule has 1 aromatic rings. The summed E-state index contributed by atoms with van der Waals surface area (Å²) in [5.74, 6) is -1.54. The Hall–Kier alpha value is -1.81. The number of nitrogens with two attached hydrogens (primary N) is 1. The number of ether oxygens (including phenoxy) is 1. The van der Waals surface area contributed by atoms with Crippen molar-refractivity contribution in [3.05, 3.63) is 23.3 Å². The normalized spacial score (nSPS) is 23.7. The second kappa shape index (κ2) is 7.83. The Kier molecular flexibility index (Phi) is 5.71. The van der Waals surface area contributed by atoms with Gasteiger partial charge in [-0.15, -0.1) is 0 Å². The van der Waals surface area contributed by atoms with Gasteiger partial charge in [0.2, 0.25) is 0 Å². The predicted molar refractivity (Wildman–Crippen MR) is 95.4 cm³/mol. The molecule has 142 valence electrons. The SMILES string of the molecule is N[C@H]1CCC[C@@H]1N1CC(Oc2ccc(CCB(O)O)c(O)c2C(=O)O)C1. The Morgan fingerprint density at radius 3 is 2.62 bits per heavy atom. The number of hydrogen-bond acceptors (Lipinski definition) is 7. The molecule has 0 unspecified atom stereocenters. The van der Waals surface area contributed by atoms with Gasteiger partial charge in [0, 0.05) is 25.2 Å². The van der Waals surface area contributed by atoms with Crippen LogP contribution in [0.3, 0.4) is 0 Å². The number of carboxylic acid groups (broad SMARTS) is 1. The number of carboxylic acids is 1. The first-order chi connectivity index (χ1) is 12.4. The number of aromatic hydroxyl groups is 1. The van der Waals surface area contributed by atoms with Gasteiger partial charge in [-0.25, -0.2) is 4.79 Å². The maximum Gasteiger partial charge on any atom is 0.451 e. The van der Waals surface area contributed by atoms with Gasteiger partial charge in [0.25, 0.3) is 0 Å². The lowest BCUT2D eigenvalue weighted by atomic mass is 9.82. The second-order valence-electron chi connectivity index (χ2n) is 7.13. The fourth-order valence-electron chi connectivity index (χ4n) is 3.82. The molecule has 3 rings (SSSR count). The summed E-state index contributed by atoms with van der Waals surface area (Å²) in [5.41, 5.74) is 6.17. The third-order valence-electron chi connectivity index (χ3n) is 5.28. The smallest absolute Gasteiger partial charge is 0.451 e. The van der Waals surface area contributed by atoms with Crippen molar-refractivity contribution in [2.45, 2.75) is 50.2 Å². The molecule has 1 aromatic carbocycles. The number of nitrogens with zero attached hydrogens (tertiary/aromatic N) is 1. The maximum absolute atomic E-state index is 11.6. The third-order valence-corrected chi connectivity index (χ3v) is 5.28. The third kappa shape index (κ3) is 3.96. The van der Waals surface area contributed by atoms with E-state index in [4.69, 9.17) is 20.5 Å². The average molecular weight is 364 g/mol. The highest BCUT2D eigenvalue weighted by atomic mass is 16.5. The molecule has 0 radical (unpaired) electrons. The van der Waals surface area contributed by atoms with Crippen molar-refractivity contribution >= 4 is 13.1 Å². The molecule has 1 aliphatic carbocycles. The van der Waals surface area contributed by atoms with Gasteiger partial charge in [-0.05, 0) is 37.2 Å². The number of aryl methyl sites for hydroxylation is 1. The molecule has 0 aromatic heterocycles. The molecule has 1 saturated carbocycles. The molecule has 0 bridgehead atoms. The van der Waals surface area contributed by atoms with E-state index in [0.29, 0.717) is 24.7 Å². The molecule has 2 fully saturated rings. The van der Waals surface area contributed by atoms with Crippen LogP contribution in [0, 0.1) is 0 Å². The van der Waals surface area contributed by atoms with Crippen LogP contribution in [0.4, 0.5) is 0 Å². The van der Waals surface area contributed by atoms with Crippen LogP contribution >= 0.6 is 0 Å². The summed E-state index contributed by atoms with van der Waals surface area (Å²) in [4.78, 5) is 13.8. The maximum atomic E-state index is 11.6. The molecular formula is C17H25BN2O6. The lowest BCUT2D eigenvalue weighted by Crippen LogP contribution is -2.60. The van der Waals surface area contributed by atoms with Gasteiger partial charge in [-0.3, -0.25) is 4.90 Å². The zero-order chi connectivity index (χ0) is 18.8. The van der Waals surface area contributed by atoms with E-state index < -0.39 is 13.1 Å². The number of aromatic carboxylic acids is 1. The van der Waals surface area contributed by atoms with Crippen molar-refractivity contribution in [3.8, 4) is 11.5 Å². The summed E-state index contributed by atoms with van der Waals surface area (Å²) in [6.45, 7) is 1.38. The molecule has 1 aliphatic heterocycles. The van der Waals surface area contributed by atoms with E-state index in [1.807, 2.05) is 0 Å². The largest absolute Gasteiger partial charge is 0.507 e. The monoisotopic (exact) mass is 364 g/mol. The highest BCUT2D eigenvalue weighted by molar-refractivity contribution is 6.41. The highest BCUT2D eigenvalue weighted by Gasteiger charge is 2.39. The number of carbonyl (C=O) groups is 1. The predicted octanol–water partition coefficient (Wildman–Crippen LogP) is 0.0485. The van der Waals surface area contributed by atoms with Crippen molar-refractivity contribution in [1.29, 1.82) is 0 Å². The van der Waals surface area contributed by atoms with Gasteiger partial charge in [0.1, 0.15) is 23.2 Å². The Labute approximate surface area is 152 Å². The van der Waals surface area contributed by atoms with E-state index in [1.165, 1.54) is 6.07 Å². The van der Waals surface area contributed by atoms with Crippen LogP contribution < -0.4 is 10.5 Å². The first-order valence-electron chi connectivity index (χ1n) is 8.97. The van der Waals surface area contributed by atoms with Crippen LogP contribution in [0.25, 0.3) is 0 Å². The molecule has 0 spiro atoms. The molecule has 2 aliphatic rings. The minimum atomic E-state index is -1.51. The van der Waals surface area contributed by atoms with E-state index in [2.05, 4.69) is 4.90 Å². The summed E-state index contributed by atoms with van der Waals surface area (Å²) >= 11 is 0. The summed E-state index contributed by atoms with van der Waals surface area (Å²) in [7, 11) is -1.51. The van der Waals surface area contributed by atoms with Gasteiger partial charge in [0.05, 0.1) is 0 Å². The van der Waals surface area contributed by atoms with Crippen LogP contribution in [0.1, 0.15) is 35.2 Å². The molecule has 9 heteroatoms. The van der Waals surface area contributed by atoms with Crippen LogP contribution in [-0.2, 0) is 6.42 Å². The Bertz CT molecular complexity index is 665. The second-order valence-corrected chi connectivity index (χ2v) is 7.13. The van der Waals surface area contributed by atoms with Crippen LogP contribution in [0.5, 0.6) is 11.5 Å². The molecule has 6 N–H and O–H groups in total. The van der Waals surface area contributed by atoms with E-state index in [1.54, 1.807) is 6.07 Å². The van der Waals surface area contributed by atoms with Gasteiger partial charge in [-0.1, -0.05) is 12.5 Å². The van der Waals surface area contributed by atoms with Crippen LogP contribution in [-0.4, -0.2) is 69.5 Å². The molecule has 1 heterocycles. The van der Waals surface area contributed by atoms with Crippen LogP contribution in [0.15, 0.2) is 12.1 Å². The fraction of sp³-hybridized carbons (Fsp3) is 0.588. The minimum absolute atomic E-state index is 0.00600. The lowest BCUT2D eigenvalue weighted by molar-refractivity contribution is -0.0118. The van der Waals surface area contributed by atoms with Gasteiger partial charge in [0.15, 0.2) is 0 Å². The molecular weight excluding hydrogens is 339 g/mol. The zero-order valence-corrected chi connectivity index (χ0v) is 14.5. The van der Waals surface area contributed by atoms with Crippen LogP contribution in [0.2, 0.25) is 6.32 Å². The number of phenols is 1. The molecule has 1 saturated heterocycles. The average Bonchev–Trinajstić information content (AvgIpc) is 2.94. The molecule has 2 atom stereocenters. The fourth-order valence-corrected chi connectivity index (χ4v) is 3.82. The standard InChI is InChI=1S/C17H25BN2O6/c19-12-2-1-3-13(12)20-8-11(9-20)26-14-5-4-10(6-7-18(24)25)16(21)15(14)17(22)23/h4-5,11-13,21,24-25H,1-3,6-9,19H2,(H,22,23)/t12-,13-/m0/s1. The summed E-state index contributed by atoms with van der Waals surface area (Å²) < 4.78 is 5.81. The quantitative estimate of drug-likeness (QED) is 0.428. The molecule has 0 amide bonds. The first-order valence-corrected chi connectivity index (χ1v) is 8.97. The number of benzene rings is 1. The number of likely N-dealkylation sites (tertiary alicyclic amines) is 1. The van der Waals surface area contributed by atoms with E-state index in [0.717, 1.165) is 19.3 Å². The Balaban J connectivity index is 1.66. The molecule has 26 heavy (non-hydrogen) atoms. The number of rotatable bonds is 7. The first kappa shape index (κ1) is 19.0. The van der Waals surface area contributed by atoms with Crippen molar-refractivity contribution < 1.29 is 29.8 Å². The lowest BCUT2D eigenvalue weighted by Gasteiger charge is -2.44. The minimum Gasteiger partial charge on any atom is -0.507 e. The Morgan fingerprint density at radius 1 is 1.31 bits per heavy atom. The summed E-state index contributed by atoms with van der Waals surface area (Å²) in [6, 6.07) is 3.64. The zero-order valence-electron chi connectivity index (χ0n) is 14.5. The van der Waals surface area contributed by atoms with Crippen molar-refractivity contribution in [3.63, 3.8) is 0 Å². The highest BCUT2D eigenvalue weighted by Crippen LogP contribution is 2.35. The van der Waals surface area contributed by atoms with Gasteiger partial charge in [-0.2, -0.15) is 0 Å². The molecule has 8 nitrogen and oxygen atoms in total. The Morgan fingerprint density at radius 2 is 2.04 bits per heavy atom. The van der Waals surface area contributed by atoms with E-state index in [-0.39, 0.29) is 41.9 Å². The summed E-state index contributed by atoms with van der Waals surface area (Å²) in [5, 5.41) is 37.6. The van der Waals surface area contributed by atoms with Crippen molar-refractivity contribution in [2.75, 3.05) is 13.1 Å². The summed E-state index contributed by atoms with van der Waals surface area (Å²) in [6.07, 6.45) is 3.28. The van der Waals surface area contributed by atoms with Crippen molar-refractivity contribution in [2.24, 2.45) is 5.73 Å². The van der Waals surface area contributed by atoms with Gasteiger partial charge < -0.3 is 30.7 Å². The van der Waals surface area contributed by atoms with Gasteiger partial charge >= 0.3 is 13.1 Å². The van der Waals surface area contributed by atoms with E-state index >= 15 is 0 Å². The number of hydrogen-bond donors (Lipinski definition) is 5. The van der Waals surface area contributed by atoms with E-state index in [9.17, 15) is 15.0 Å². The van der Waals surface area contributed by atoms with Crippen molar-refractivity contribution in [1.82, 2.24) is 4.90 Å².